The zero-order chi connectivity index (χ0) is 14.3. The Labute approximate surface area is 123 Å². The van der Waals surface area contributed by atoms with Gasteiger partial charge in [0.2, 0.25) is 0 Å². The summed E-state index contributed by atoms with van der Waals surface area (Å²) < 4.78 is 4.96. The first kappa shape index (κ1) is 18.6. The lowest BCUT2D eigenvalue weighted by Crippen LogP contribution is -1.99. The summed E-state index contributed by atoms with van der Waals surface area (Å²) in [7, 11) is 0. The Hall–Kier alpha value is -0.440. The molecule has 19 heavy (non-hydrogen) atoms. The SMILES string of the molecule is C=C(C)C(=O)OSCCCCCCCCCCCC. The summed E-state index contributed by atoms with van der Waals surface area (Å²) >= 11 is 1.26. The van der Waals surface area contributed by atoms with Crippen LogP contribution < -0.4 is 0 Å². The smallest absolute Gasteiger partial charge is 0.345 e. The second-order valence-corrected chi connectivity index (χ2v) is 5.97. The van der Waals surface area contributed by atoms with Gasteiger partial charge in [-0.3, -0.25) is 0 Å². The van der Waals surface area contributed by atoms with Gasteiger partial charge in [0.15, 0.2) is 0 Å². The summed E-state index contributed by atoms with van der Waals surface area (Å²) in [4.78, 5) is 11.1. The van der Waals surface area contributed by atoms with E-state index in [1.54, 1.807) is 6.92 Å². The zero-order valence-electron chi connectivity index (χ0n) is 12.7. The van der Waals surface area contributed by atoms with Gasteiger partial charge in [0.25, 0.3) is 0 Å². The largest absolute Gasteiger partial charge is 0.388 e. The van der Waals surface area contributed by atoms with Crippen molar-refractivity contribution in [2.24, 2.45) is 0 Å². The molecule has 0 aliphatic rings. The van der Waals surface area contributed by atoms with E-state index in [1.165, 1.54) is 69.8 Å². The molecule has 0 amide bonds. The van der Waals surface area contributed by atoms with Crippen molar-refractivity contribution < 1.29 is 8.98 Å². The number of hydrogen-bond acceptors (Lipinski definition) is 3. The Morgan fingerprint density at radius 2 is 1.42 bits per heavy atom. The topological polar surface area (TPSA) is 26.3 Å². The van der Waals surface area contributed by atoms with Crippen LogP contribution >= 0.6 is 12.0 Å². The summed E-state index contributed by atoms with van der Waals surface area (Å²) in [5.41, 5.74) is 0.468. The highest BCUT2D eigenvalue weighted by molar-refractivity contribution is 7.95. The van der Waals surface area contributed by atoms with E-state index in [9.17, 15) is 4.79 Å². The summed E-state index contributed by atoms with van der Waals surface area (Å²) in [6.07, 6.45) is 13.3. The van der Waals surface area contributed by atoms with Crippen molar-refractivity contribution in [3.63, 3.8) is 0 Å². The molecule has 0 spiro atoms. The van der Waals surface area contributed by atoms with Gasteiger partial charge in [-0.05, 0) is 13.3 Å². The van der Waals surface area contributed by atoms with E-state index in [-0.39, 0.29) is 5.97 Å². The van der Waals surface area contributed by atoms with Crippen LogP contribution in [0.3, 0.4) is 0 Å². The predicted octanol–water partition coefficient (Wildman–Crippen LogP) is 5.67. The van der Waals surface area contributed by atoms with Crippen LogP contribution in [0.5, 0.6) is 0 Å². The van der Waals surface area contributed by atoms with Crippen LogP contribution in [0.4, 0.5) is 0 Å². The van der Waals surface area contributed by atoms with E-state index >= 15 is 0 Å². The molecule has 0 saturated heterocycles. The van der Waals surface area contributed by atoms with E-state index in [2.05, 4.69) is 13.5 Å². The second-order valence-electron chi connectivity index (χ2n) is 5.16. The molecule has 0 aromatic rings. The van der Waals surface area contributed by atoms with Crippen LogP contribution in [0, 0.1) is 0 Å². The number of hydrogen-bond donors (Lipinski definition) is 0. The monoisotopic (exact) mass is 286 g/mol. The van der Waals surface area contributed by atoms with Crippen molar-refractivity contribution in [2.45, 2.75) is 78.1 Å². The fourth-order valence-corrected chi connectivity index (χ4v) is 2.47. The summed E-state index contributed by atoms with van der Waals surface area (Å²) in [6, 6.07) is 0. The van der Waals surface area contributed by atoms with Crippen molar-refractivity contribution in [3.05, 3.63) is 12.2 Å². The first-order valence-electron chi connectivity index (χ1n) is 7.67. The highest BCUT2D eigenvalue weighted by Crippen LogP contribution is 2.13. The van der Waals surface area contributed by atoms with Gasteiger partial charge in [-0.1, -0.05) is 71.3 Å². The van der Waals surface area contributed by atoms with Gasteiger partial charge in [0.05, 0.1) is 12.0 Å². The van der Waals surface area contributed by atoms with Gasteiger partial charge in [-0.15, -0.1) is 0 Å². The summed E-state index contributed by atoms with van der Waals surface area (Å²) in [5, 5.41) is 0. The lowest BCUT2D eigenvalue weighted by Gasteiger charge is -2.03. The standard InChI is InChI=1S/C16H30O2S/c1-4-5-6-7-8-9-10-11-12-13-14-19-18-16(17)15(2)3/h2,4-14H2,1,3H3. The number of carbonyl (C=O) groups excluding carboxylic acids is 1. The molecule has 0 atom stereocenters. The third-order valence-electron chi connectivity index (χ3n) is 3.06. The maximum absolute atomic E-state index is 11.1. The molecule has 0 saturated carbocycles. The maximum Gasteiger partial charge on any atom is 0.345 e. The predicted molar refractivity (Wildman–Crippen MR) is 85.2 cm³/mol. The van der Waals surface area contributed by atoms with Gasteiger partial charge in [-0.25, -0.2) is 4.79 Å². The molecular weight excluding hydrogens is 256 g/mol. The van der Waals surface area contributed by atoms with Gasteiger partial charge in [0, 0.05) is 11.3 Å². The molecular formula is C16H30O2S. The molecule has 3 heteroatoms. The molecule has 0 radical (unpaired) electrons. The lowest BCUT2D eigenvalue weighted by atomic mass is 10.1. The van der Waals surface area contributed by atoms with E-state index in [0.717, 1.165) is 12.2 Å². The van der Waals surface area contributed by atoms with Gasteiger partial charge < -0.3 is 4.18 Å². The second kappa shape index (κ2) is 14.0. The lowest BCUT2D eigenvalue weighted by molar-refractivity contribution is -0.128. The van der Waals surface area contributed by atoms with E-state index < -0.39 is 0 Å². The third-order valence-corrected chi connectivity index (χ3v) is 3.79. The van der Waals surface area contributed by atoms with Crippen molar-refractivity contribution in [3.8, 4) is 0 Å². The van der Waals surface area contributed by atoms with E-state index in [0.29, 0.717) is 5.57 Å². The molecule has 0 aromatic heterocycles. The number of carbonyl (C=O) groups is 1. The highest BCUT2D eigenvalue weighted by atomic mass is 32.2. The Morgan fingerprint density at radius 3 is 1.89 bits per heavy atom. The van der Waals surface area contributed by atoms with Crippen molar-refractivity contribution in [1.29, 1.82) is 0 Å². The Bertz CT molecular complexity index is 239. The Kier molecular flexibility index (Phi) is 13.7. The maximum atomic E-state index is 11.1. The quantitative estimate of drug-likeness (QED) is 0.248. The normalized spacial score (nSPS) is 10.4. The van der Waals surface area contributed by atoms with Crippen molar-refractivity contribution in [2.75, 3.05) is 5.75 Å². The molecule has 0 unspecified atom stereocenters. The molecule has 0 bridgehead atoms. The molecule has 0 aliphatic carbocycles. The van der Waals surface area contributed by atoms with Crippen LogP contribution in [-0.4, -0.2) is 11.7 Å². The van der Waals surface area contributed by atoms with Crippen molar-refractivity contribution in [1.82, 2.24) is 0 Å². The average Bonchev–Trinajstić information content (AvgIpc) is 2.39. The van der Waals surface area contributed by atoms with E-state index in [4.69, 9.17) is 4.18 Å². The number of rotatable bonds is 13. The molecule has 2 nitrogen and oxygen atoms in total. The first-order chi connectivity index (χ1) is 9.18. The summed E-state index contributed by atoms with van der Waals surface area (Å²) in [6.45, 7) is 7.47. The Morgan fingerprint density at radius 1 is 0.947 bits per heavy atom. The minimum atomic E-state index is -0.294. The minimum absolute atomic E-state index is 0.294. The van der Waals surface area contributed by atoms with Gasteiger partial charge >= 0.3 is 5.97 Å². The van der Waals surface area contributed by atoms with Crippen LogP contribution in [0.1, 0.15) is 78.1 Å². The minimum Gasteiger partial charge on any atom is -0.388 e. The molecule has 0 N–H and O–H groups in total. The van der Waals surface area contributed by atoms with Crippen LogP contribution in [0.25, 0.3) is 0 Å². The molecule has 0 fully saturated rings. The third kappa shape index (κ3) is 13.8. The molecule has 0 heterocycles. The molecule has 0 aliphatic heterocycles. The van der Waals surface area contributed by atoms with Crippen molar-refractivity contribution >= 4 is 18.0 Å². The molecule has 0 aromatic carbocycles. The van der Waals surface area contributed by atoms with Crippen LogP contribution in [-0.2, 0) is 8.98 Å². The zero-order valence-corrected chi connectivity index (χ0v) is 13.5. The van der Waals surface area contributed by atoms with Gasteiger partial charge in [-0.2, -0.15) is 0 Å². The average molecular weight is 286 g/mol. The fourth-order valence-electron chi connectivity index (χ4n) is 1.81. The number of unbranched alkanes of at least 4 members (excludes halogenated alkanes) is 9. The molecule has 0 rings (SSSR count). The van der Waals surface area contributed by atoms with E-state index in [1.807, 2.05) is 0 Å². The van der Waals surface area contributed by atoms with Gasteiger partial charge in [0.1, 0.15) is 0 Å². The van der Waals surface area contributed by atoms with Crippen LogP contribution in [0.15, 0.2) is 12.2 Å². The first-order valence-corrected chi connectivity index (χ1v) is 8.58. The fraction of sp³-hybridized carbons (Fsp3) is 0.812. The highest BCUT2D eigenvalue weighted by Gasteiger charge is 2.02. The molecule has 112 valence electrons. The summed E-state index contributed by atoms with van der Waals surface area (Å²) in [5.74, 6) is 0.604. The Balaban J connectivity index is 3.07. The van der Waals surface area contributed by atoms with Crippen LogP contribution in [0.2, 0.25) is 0 Å².